The Morgan fingerprint density at radius 1 is 0.967 bits per heavy atom. The van der Waals surface area contributed by atoms with E-state index < -0.39 is 6.10 Å². The largest absolute Gasteiger partial charge is 0.497 e. The van der Waals surface area contributed by atoms with Gasteiger partial charge in [0.05, 0.1) is 34.5 Å². The van der Waals surface area contributed by atoms with Crippen LogP contribution < -0.4 is 29.6 Å². The molecule has 0 saturated carbocycles. The number of aliphatic imine (C=N–C) groups is 1. The van der Waals surface area contributed by atoms with Crippen LogP contribution in [-0.2, 0) is 0 Å². The summed E-state index contributed by atoms with van der Waals surface area (Å²) >= 11 is 0. The molecule has 30 heavy (non-hydrogen) atoms. The fraction of sp³-hybridized carbons (Fsp3) is 0.409. The van der Waals surface area contributed by atoms with Gasteiger partial charge in [-0.25, -0.2) is 4.99 Å². The van der Waals surface area contributed by atoms with Crippen LogP contribution in [0.4, 0.5) is 5.69 Å². The molecule has 0 radical (unpaired) electrons. The number of aliphatic hydroxyl groups excluding tert-OH is 1. The van der Waals surface area contributed by atoms with E-state index in [1.165, 1.54) is 0 Å². The predicted octanol–water partition coefficient (Wildman–Crippen LogP) is 3.22. The highest BCUT2D eigenvalue weighted by Gasteiger charge is 2.15. The first kappa shape index (κ1) is 23.2. The first-order valence-corrected chi connectivity index (χ1v) is 9.82. The topological polar surface area (TPSA) is 93.6 Å². The monoisotopic (exact) mass is 417 g/mol. The number of benzene rings is 2. The van der Waals surface area contributed by atoms with Gasteiger partial charge in [0.25, 0.3) is 0 Å². The van der Waals surface area contributed by atoms with Gasteiger partial charge in [0.1, 0.15) is 17.6 Å². The van der Waals surface area contributed by atoms with Crippen LogP contribution in [0.25, 0.3) is 0 Å². The maximum Gasteiger partial charge on any atom is 0.195 e. The molecule has 0 aliphatic carbocycles. The molecule has 3 N–H and O–H groups in total. The van der Waals surface area contributed by atoms with Crippen molar-refractivity contribution in [2.45, 2.75) is 20.0 Å². The molecule has 2 aromatic rings. The van der Waals surface area contributed by atoms with Crippen molar-refractivity contribution in [2.24, 2.45) is 4.99 Å². The van der Waals surface area contributed by atoms with Gasteiger partial charge < -0.3 is 34.7 Å². The number of guanidine groups is 1. The summed E-state index contributed by atoms with van der Waals surface area (Å²) in [6, 6.07) is 10.8. The Bertz CT molecular complexity index is 842. The molecule has 1 unspecified atom stereocenters. The molecule has 0 saturated heterocycles. The van der Waals surface area contributed by atoms with Gasteiger partial charge in [0.15, 0.2) is 17.5 Å². The lowest BCUT2D eigenvalue weighted by Crippen LogP contribution is -2.31. The fourth-order valence-corrected chi connectivity index (χ4v) is 2.84. The summed E-state index contributed by atoms with van der Waals surface area (Å²) in [5.41, 5.74) is 1.39. The molecule has 1 atom stereocenters. The lowest BCUT2D eigenvalue weighted by molar-refractivity contribution is 0.182. The number of aliphatic hydroxyl groups is 1. The van der Waals surface area contributed by atoms with Crippen molar-refractivity contribution in [1.29, 1.82) is 0 Å². The van der Waals surface area contributed by atoms with Crippen molar-refractivity contribution in [2.75, 3.05) is 46.3 Å². The highest BCUT2D eigenvalue weighted by atomic mass is 16.5. The number of hydrogen-bond donors (Lipinski definition) is 3. The zero-order valence-corrected chi connectivity index (χ0v) is 18.2. The molecule has 164 valence electrons. The van der Waals surface area contributed by atoms with Gasteiger partial charge in [-0.1, -0.05) is 0 Å². The first-order valence-electron chi connectivity index (χ1n) is 9.82. The van der Waals surface area contributed by atoms with Gasteiger partial charge in [-0.15, -0.1) is 0 Å². The summed E-state index contributed by atoms with van der Waals surface area (Å²) in [5.74, 6) is 3.05. The van der Waals surface area contributed by atoms with Crippen LogP contribution in [-0.4, -0.2) is 52.1 Å². The molecule has 8 nitrogen and oxygen atoms in total. The average molecular weight is 418 g/mol. The molecule has 0 aromatic heterocycles. The highest BCUT2D eigenvalue weighted by Crippen LogP contribution is 2.31. The number of nitrogens with one attached hydrogen (secondary N) is 2. The lowest BCUT2D eigenvalue weighted by Gasteiger charge is -2.17. The third-order valence-electron chi connectivity index (χ3n) is 4.29. The van der Waals surface area contributed by atoms with Crippen LogP contribution in [0.15, 0.2) is 41.4 Å². The Labute approximate surface area is 177 Å². The van der Waals surface area contributed by atoms with Crippen molar-refractivity contribution < 1.29 is 24.1 Å². The Balaban J connectivity index is 2.18. The van der Waals surface area contributed by atoms with Crippen LogP contribution in [0.3, 0.4) is 0 Å². The predicted molar refractivity (Wildman–Crippen MR) is 118 cm³/mol. The molecular formula is C22H31N3O5. The normalized spacial score (nSPS) is 12.1. The molecule has 0 aliphatic heterocycles. The first-order chi connectivity index (χ1) is 14.6. The molecule has 0 aliphatic rings. The van der Waals surface area contributed by atoms with Crippen molar-refractivity contribution in [3.05, 3.63) is 42.0 Å². The van der Waals surface area contributed by atoms with E-state index in [1.807, 2.05) is 32.0 Å². The van der Waals surface area contributed by atoms with Gasteiger partial charge in [0, 0.05) is 23.9 Å². The Morgan fingerprint density at radius 2 is 1.70 bits per heavy atom. The van der Waals surface area contributed by atoms with E-state index in [0.717, 1.165) is 5.69 Å². The maximum absolute atomic E-state index is 10.7. The Kier molecular flexibility index (Phi) is 9.08. The minimum Gasteiger partial charge on any atom is -0.497 e. The van der Waals surface area contributed by atoms with Crippen molar-refractivity contribution in [3.63, 3.8) is 0 Å². The number of methoxy groups -OCH3 is 3. The van der Waals surface area contributed by atoms with E-state index in [-0.39, 0.29) is 6.54 Å². The smallest absolute Gasteiger partial charge is 0.195 e. The quantitative estimate of drug-likeness (QED) is 0.404. The average Bonchev–Trinajstić information content (AvgIpc) is 2.77. The van der Waals surface area contributed by atoms with Crippen molar-refractivity contribution in [1.82, 2.24) is 5.32 Å². The van der Waals surface area contributed by atoms with Gasteiger partial charge in [-0.3, -0.25) is 0 Å². The molecule has 2 aromatic carbocycles. The summed E-state index contributed by atoms with van der Waals surface area (Å²) in [6.07, 6.45) is -0.861. The summed E-state index contributed by atoms with van der Waals surface area (Å²) < 4.78 is 21.5. The molecule has 0 amide bonds. The van der Waals surface area contributed by atoms with Gasteiger partial charge in [-0.05, 0) is 44.2 Å². The Morgan fingerprint density at radius 3 is 2.33 bits per heavy atom. The third-order valence-corrected chi connectivity index (χ3v) is 4.29. The molecule has 0 spiro atoms. The van der Waals surface area contributed by atoms with Crippen LogP contribution in [0.2, 0.25) is 0 Å². The molecule has 0 heterocycles. The van der Waals surface area contributed by atoms with Crippen molar-refractivity contribution >= 4 is 11.6 Å². The minimum absolute atomic E-state index is 0.132. The highest BCUT2D eigenvalue weighted by molar-refractivity contribution is 5.94. The number of ether oxygens (including phenoxy) is 4. The number of rotatable bonds is 10. The molecule has 0 fully saturated rings. The molecule has 8 heteroatoms. The van der Waals surface area contributed by atoms with E-state index >= 15 is 0 Å². The van der Waals surface area contributed by atoms with Gasteiger partial charge in [0.2, 0.25) is 0 Å². The molecular weight excluding hydrogens is 386 g/mol. The Hall–Kier alpha value is -3.13. The third kappa shape index (κ3) is 6.18. The van der Waals surface area contributed by atoms with E-state index in [1.54, 1.807) is 39.5 Å². The maximum atomic E-state index is 10.7. The van der Waals surface area contributed by atoms with Gasteiger partial charge >= 0.3 is 0 Å². The standard InChI is InChI=1S/C22H31N3O5/c1-6-23-22(25-15-8-10-20(30-7-2)21(12-15)29-5)24-14-18(26)17-13-16(27-3)9-11-19(17)28-4/h8-13,18,26H,6-7,14H2,1-5H3,(H2,23,24,25). The zero-order chi connectivity index (χ0) is 21.9. The number of anilines is 1. The zero-order valence-electron chi connectivity index (χ0n) is 18.2. The van der Waals surface area contributed by atoms with E-state index in [2.05, 4.69) is 15.6 Å². The van der Waals surface area contributed by atoms with Crippen LogP contribution in [0, 0.1) is 0 Å². The number of nitrogens with zero attached hydrogens (tertiary/aromatic N) is 1. The summed E-state index contributed by atoms with van der Waals surface area (Å²) in [4.78, 5) is 4.51. The van der Waals surface area contributed by atoms with Crippen LogP contribution >= 0.6 is 0 Å². The summed E-state index contributed by atoms with van der Waals surface area (Å²) in [7, 11) is 4.74. The van der Waals surface area contributed by atoms with E-state index in [0.29, 0.717) is 47.7 Å². The van der Waals surface area contributed by atoms with Crippen LogP contribution in [0.1, 0.15) is 25.5 Å². The van der Waals surface area contributed by atoms with E-state index in [9.17, 15) is 5.11 Å². The second-order valence-electron chi connectivity index (χ2n) is 6.27. The molecule has 2 rings (SSSR count). The second-order valence-corrected chi connectivity index (χ2v) is 6.27. The molecule has 0 bridgehead atoms. The minimum atomic E-state index is -0.861. The van der Waals surface area contributed by atoms with Crippen molar-refractivity contribution in [3.8, 4) is 23.0 Å². The summed E-state index contributed by atoms with van der Waals surface area (Å²) in [5, 5.41) is 17.1. The summed E-state index contributed by atoms with van der Waals surface area (Å²) in [6.45, 7) is 5.24. The SMILES string of the molecule is CCNC(=NCC(O)c1cc(OC)ccc1OC)Nc1ccc(OCC)c(OC)c1. The van der Waals surface area contributed by atoms with Gasteiger partial charge in [-0.2, -0.15) is 0 Å². The fourth-order valence-electron chi connectivity index (χ4n) is 2.84. The number of hydrogen-bond acceptors (Lipinski definition) is 6. The lowest BCUT2D eigenvalue weighted by atomic mass is 10.1. The van der Waals surface area contributed by atoms with Crippen LogP contribution in [0.5, 0.6) is 23.0 Å². The second kappa shape index (κ2) is 11.8. The van der Waals surface area contributed by atoms with E-state index in [4.69, 9.17) is 18.9 Å².